The summed E-state index contributed by atoms with van der Waals surface area (Å²) in [5.41, 5.74) is 7.53. The molecule has 0 aromatic heterocycles. The van der Waals surface area contributed by atoms with E-state index in [0.717, 1.165) is 10.6 Å². The largest absolute Gasteiger partial charge is 0.323 e. The highest BCUT2D eigenvalue weighted by atomic mass is 35.5. The minimum atomic E-state index is 0.0983. The van der Waals surface area contributed by atoms with E-state index in [4.69, 9.17) is 17.3 Å². The van der Waals surface area contributed by atoms with Crippen molar-refractivity contribution in [1.29, 1.82) is 0 Å². The second-order valence-electron chi connectivity index (χ2n) is 4.15. The maximum Gasteiger partial charge on any atom is 0.0453 e. The predicted molar refractivity (Wildman–Crippen MR) is 55.7 cm³/mol. The van der Waals surface area contributed by atoms with Gasteiger partial charge in [0.05, 0.1) is 0 Å². The Labute approximate surface area is 83.9 Å². The van der Waals surface area contributed by atoms with Crippen LogP contribution < -0.4 is 5.73 Å². The maximum atomic E-state index is 6.15. The zero-order chi connectivity index (χ0) is 9.47. The predicted octanol–water partition coefficient (Wildman–Crippen LogP) is 3.14. The molecule has 0 saturated heterocycles. The van der Waals surface area contributed by atoms with Gasteiger partial charge in [-0.05, 0) is 29.9 Å². The third kappa shape index (κ3) is 1.59. The van der Waals surface area contributed by atoms with Crippen LogP contribution in [0, 0.1) is 5.41 Å². The number of hydrogen-bond acceptors (Lipinski definition) is 1. The fourth-order valence-electron chi connectivity index (χ4n) is 1.61. The van der Waals surface area contributed by atoms with Crippen LogP contribution in [0.3, 0.4) is 0 Å². The van der Waals surface area contributed by atoms with E-state index in [9.17, 15) is 0 Å². The van der Waals surface area contributed by atoms with Gasteiger partial charge in [0.25, 0.3) is 0 Å². The lowest BCUT2D eigenvalue weighted by Crippen LogP contribution is -2.20. The molecule has 1 nitrogen and oxygen atoms in total. The molecule has 1 aromatic carbocycles. The van der Waals surface area contributed by atoms with E-state index in [2.05, 4.69) is 6.92 Å². The van der Waals surface area contributed by atoms with E-state index in [0.29, 0.717) is 5.41 Å². The van der Waals surface area contributed by atoms with Gasteiger partial charge in [-0.2, -0.15) is 0 Å². The van der Waals surface area contributed by atoms with Crippen molar-refractivity contribution in [3.05, 3.63) is 34.9 Å². The number of hydrogen-bond donors (Lipinski definition) is 1. The van der Waals surface area contributed by atoms with Crippen molar-refractivity contribution in [2.75, 3.05) is 0 Å². The van der Waals surface area contributed by atoms with Gasteiger partial charge in [-0.15, -0.1) is 0 Å². The fraction of sp³-hybridized carbons (Fsp3) is 0.455. The molecule has 2 heteroatoms. The third-order valence-electron chi connectivity index (χ3n) is 3.03. The van der Waals surface area contributed by atoms with E-state index in [1.807, 2.05) is 24.3 Å². The van der Waals surface area contributed by atoms with Crippen molar-refractivity contribution in [2.24, 2.45) is 11.1 Å². The van der Waals surface area contributed by atoms with Gasteiger partial charge in [0.15, 0.2) is 0 Å². The van der Waals surface area contributed by atoms with Crippen LogP contribution in [0.15, 0.2) is 24.3 Å². The Morgan fingerprint density at radius 1 is 1.38 bits per heavy atom. The van der Waals surface area contributed by atoms with Crippen LogP contribution in [-0.2, 0) is 0 Å². The summed E-state index contributed by atoms with van der Waals surface area (Å²) in [5, 5.41) is 0.795. The molecule has 0 amide bonds. The second kappa shape index (κ2) is 3.00. The molecule has 2 rings (SSSR count). The highest BCUT2D eigenvalue weighted by Gasteiger charge is 2.44. The first-order valence-electron chi connectivity index (χ1n) is 4.63. The lowest BCUT2D eigenvalue weighted by molar-refractivity contribution is 0.451. The molecule has 0 spiro atoms. The average Bonchev–Trinajstić information content (AvgIpc) is 2.85. The van der Waals surface area contributed by atoms with E-state index in [1.54, 1.807) is 0 Å². The molecule has 1 aliphatic carbocycles. The molecule has 2 N–H and O–H groups in total. The Bertz CT molecular complexity index is 318. The zero-order valence-corrected chi connectivity index (χ0v) is 8.51. The minimum absolute atomic E-state index is 0.0983. The van der Waals surface area contributed by atoms with E-state index < -0.39 is 0 Å². The number of benzene rings is 1. The summed E-state index contributed by atoms with van der Waals surface area (Å²) in [6.45, 7) is 2.22. The van der Waals surface area contributed by atoms with Crippen molar-refractivity contribution < 1.29 is 0 Å². The molecule has 70 valence electrons. The Kier molecular flexibility index (Phi) is 2.09. The normalized spacial score (nSPS) is 21.2. The third-order valence-corrected chi connectivity index (χ3v) is 3.37. The molecule has 0 bridgehead atoms. The Hall–Kier alpha value is -0.530. The maximum absolute atomic E-state index is 6.15. The van der Waals surface area contributed by atoms with Crippen LogP contribution in [0.5, 0.6) is 0 Å². The summed E-state index contributed by atoms with van der Waals surface area (Å²) in [6, 6.07) is 7.96. The van der Waals surface area contributed by atoms with Crippen LogP contribution in [0.4, 0.5) is 0 Å². The summed E-state index contributed by atoms with van der Waals surface area (Å²) < 4.78 is 0. The summed E-state index contributed by atoms with van der Waals surface area (Å²) in [7, 11) is 0. The van der Waals surface area contributed by atoms with Crippen molar-refractivity contribution in [3.8, 4) is 0 Å². The van der Waals surface area contributed by atoms with Crippen molar-refractivity contribution in [1.82, 2.24) is 0 Å². The molecular weight excluding hydrogens is 182 g/mol. The molecule has 1 aliphatic rings. The molecule has 13 heavy (non-hydrogen) atoms. The molecule has 1 atom stereocenters. The molecule has 0 aliphatic heterocycles. The minimum Gasteiger partial charge on any atom is -0.323 e. The molecule has 0 radical (unpaired) electrons. The van der Waals surface area contributed by atoms with Gasteiger partial charge in [0.2, 0.25) is 0 Å². The van der Waals surface area contributed by atoms with Gasteiger partial charge in [-0.25, -0.2) is 0 Å². The molecule has 1 unspecified atom stereocenters. The van der Waals surface area contributed by atoms with Gasteiger partial charge in [-0.1, -0.05) is 36.7 Å². The highest BCUT2D eigenvalue weighted by molar-refractivity contribution is 6.31. The topological polar surface area (TPSA) is 26.0 Å². The monoisotopic (exact) mass is 195 g/mol. The van der Waals surface area contributed by atoms with Crippen molar-refractivity contribution in [3.63, 3.8) is 0 Å². The first-order chi connectivity index (χ1) is 6.13. The van der Waals surface area contributed by atoms with Gasteiger partial charge in [-0.3, -0.25) is 0 Å². The zero-order valence-electron chi connectivity index (χ0n) is 7.76. The Balaban J connectivity index is 2.30. The van der Waals surface area contributed by atoms with Crippen LogP contribution in [0.1, 0.15) is 31.4 Å². The van der Waals surface area contributed by atoms with Crippen LogP contribution in [0.25, 0.3) is 0 Å². The smallest absolute Gasteiger partial charge is 0.0453 e. The number of nitrogens with two attached hydrogens (primary N) is 1. The SMILES string of the molecule is CC1(C(N)c2ccccc2Cl)CC1. The van der Waals surface area contributed by atoms with Crippen LogP contribution >= 0.6 is 11.6 Å². The lowest BCUT2D eigenvalue weighted by Gasteiger charge is -2.20. The summed E-state index contributed by atoms with van der Waals surface area (Å²) in [5.74, 6) is 0. The van der Waals surface area contributed by atoms with Gasteiger partial charge < -0.3 is 5.73 Å². The average molecular weight is 196 g/mol. The molecule has 1 fully saturated rings. The van der Waals surface area contributed by atoms with Gasteiger partial charge >= 0.3 is 0 Å². The van der Waals surface area contributed by atoms with Crippen LogP contribution in [0.2, 0.25) is 5.02 Å². The van der Waals surface area contributed by atoms with E-state index in [-0.39, 0.29) is 6.04 Å². The molecule has 1 aromatic rings. The highest BCUT2D eigenvalue weighted by Crippen LogP contribution is 2.54. The summed E-state index contributed by atoms with van der Waals surface area (Å²) in [4.78, 5) is 0. The van der Waals surface area contributed by atoms with E-state index >= 15 is 0 Å². The van der Waals surface area contributed by atoms with Gasteiger partial charge in [0, 0.05) is 11.1 Å². The summed E-state index contributed by atoms with van der Waals surface area (Å²) in [6.07, 6.45) is 2.44. The summed E-state index contributed by atoms with van der Waals surface area (Å²) >= 11 is 6.07. The molecule has 1 saturated carbocycles. The number of halogens is 1. The molecule has 0 heterocycles. The standard InChI is InChI=1S/C11H14ClN/c1-11(6-7-11)10(13)8-4-2-3-5-9(8)12/h2-5,10H,6-7,13H2,1H3. The quantitative estimate of drug-likeness (QED) is 0.771. The number of rotatable bonds is 2. The Morgan fingerprint density at radius 2 is 2.00 bits per heavy atom. The Morgan fingerprint density at radius 3 is 2.54 bits per heavy atom. The van der Waals surface area contributed by atoms with Gasteiger partial charge in [0.1, 0.15) is 0 Å². The fourth-order valence-corrected chi connectivity index (χ4v) is 1.86. The van der Waals surface area contributed by atoms with E-state index in [1.165, 1.54) is 12.8 Å². The first kappa shape index (κ1) is 9.04. The molecular formula is C11H14ClN. The van der Waals surface area contributed by atoms with Crippen molar-refractivity contribution >= 4 is 11.6 Å². The first-order valence-corrected chi connectivity index (χ1v) is 5.01. The van der Waals surface area contributed by atoms with Crippen LogP contribution in [-0.4, -0.2) is 0 Å². The van der Waals surface area contributed by atoms with Crippen molar-refractivity contribution in [2.45, 2.75) is 25.8 Å². The second-order valence-corrected chi connectivity index (χ2v) is 4.56. The lowest BCUT2D eigenvalue weighted by atomic mass is 9.93.